The lowest BCUT2D eigenvalue weighted by molar-refractivity contribution is -0.0118. The van der Waals surface area contributed by atoms with Gasteiger partial charge in [0.2, 0.25) is 0 Å². The Balaban J connectivity index is 1.41. The molecular formula is C17H34N2O2. The van der Waals surface area contributed by atoms with Crippen LogP contribution in [0.15, 0.2) is 0 Å². The first-order valence-electron chi connectivity index (χ1n) is 8.88. The van der Waals surface area contributed by atoms with Crippen LogP contribution < -0.4 is 5.32 Å². The van der Waals surface area contributed by atoms with E-state index in [1.165, 1.54) is 25.9 Å². The van der Waals surface area contributed by atoms with Gasteiger partial charge < -0.3 is 19.7 Å². The molecule has 2 heterocycles. The van der Waals surface area contributed by atoms with Crippen molar-refractivity contribution in [2.24, 2.45) is 11.8 Å². The molecule has 2 saturated heterocycles. The molecule has 0 bridgehead atoms. The number of hydrogen-bond donors (Lipinski definition) is 1. The normalized spacial score (nSPS) is 23.0. The lowest BCUT2D eigenvalue weighted by Crippen LogP contribution is -2.37. The molecule has 0 aliphatic carbocycles. The fourth-order valence-electron chi connectivity index (χ4n) is 3.37. The maximum Gasteiger partial charge on any atom is 0.0704 e. The number of ether oxygens (including phenoxy) is 2. The number of nitrogens with one attached hydrogen (secondary N) is 1. The summed E-state index contributed by atoms with van der Waals surface area (Å²) in [6.45, 7) is 12.8. The molecule has 0 amide bonds. The van der Waals surface area contributed by atoms with Gasteiger partial charge in [0.05, 0.1) is 25.9 Å². The highest BCUT2D eigenvalue weighted by Crippen LogP contribution is 2.23. The summed E-state index contributed by atoms with van der Waals surface area (Å²) in [4.78, 5) is 2.55. The zero-order chi connectivity index (χ0) is 14.9. The SMILES string of the molecule is CC(C)C1CCN(CCOCCOC2CCNCC2)CC1. The van der Waals surface area contributed by atoms with Gasteiger partial charge in [-0.05, 0) is 63.7 Å². The molecular weight excluding hydrogens is 264 g/mol. The van der Waals surface area contributed by atoms with E-state index < -0.39 is 0 Å². The Morgan fingerprint density at radius 1 is 1.00 bits per heavy atom. The summed E-state index contributed by atoms with van der Waals surface area (Å²) in [6, 6.07) is 0. The predicted octanol–water partition coefficient (Wildman–Crippen LogP) is 2.14. The van der Waals surface area contributed by atoms with Crippen molar-refractivity contribution in [3.05, 3.63) is 0 Å². The quantitative estimate of drug-likeness (QED) is 0.696. The number of nitrogens with zero attached hydrogens (tertiary/aromatic N) is 1. The maximum atomic E-state index is 5.84. The van der Waals surface area contributed by atoms with E-state index in [1.807, 2.05) is 0 Å². The molecule has 0 radical (unpaired) electrons. The van der Waals surface area contributed by atoms with Crippen molar-refractivity contribution in [3.8, 4) is 0 Å². The van der Waals surface area contributed by atoms with E-state index in [2.05, 4.69) is 24.1 Å². The summed E-state index contributed by atoms with van der Waals surface area (Å²) in [5.41, 5.74) is 0. The van der Waals surface area contributed by atoms with Gasteiger partial charge in [-0.25, -0.2) is 0 Å². The monoisotopic (exact) mass is 298 g/mol. The second kappa shape index (κ2) is 9.78. The first-order chi connectivity index (χ1) is 10.3. The van der Waals surface area contributed by atoms with Crippen LogP contribution in [0.5, 0.6) is 0 Å². The highest BCUT2D eigenvalue weighted by molar-refractivity contribution is 4.74. The van der Waals surface area contributed by atoms with Crippen molar-refractivity contribution >= 4 is 0 Å². The summed E-state index contributed by atoms with van der Waals surface area (Å²) in [7, 11) is 0. The maximum absolute atomic E-state index is 5.84. The molecule has 21 heavy (non-hydrogen) atoms. The first kappa shape index (κ1) is 17.2. The van der Waals surface area contributed by atoms with Gasteiger partial charge in [-0.1, -0.05) is 13.8 Å². The highest BCUT2D eigenvalue weighted by atomic mass is 16.5. The van der Waals surface area contributed by atoms with Crippen molar-refractivity contribution in [2.45, 2.75) is 45.6 Å². The van der Waals surface area contributed by atoms with E-state index in [0.29, 0.717) is 6.10 Å². The van der Waals surface area contributed by atoms with E-state index in [0.717, 1.165) is 64.1 Å². The Labute approximate surface area is 130 Å². The van der Waals surface area contributed by atoms with Crippen LogP contribution in [-0.2, 0) is 9.47 Å². The topological polar surface area (TPSA) is 33.7 Å². The van der Waals surface area contributed by atoms with E-state index >= 15 is 0 Å². The van der Waals surface area contributed by atoms with Crippen LogP contribution in [0, 0.1) is 11.8 Å². The Kier molecular flexibility index (Phi) is 8.01. The van der Waals surface area contributed by atoms with Gasteiger partial charge in [-0.3, -0.25) is 0 Å². The lowest BCUT2D eigenvalue weighted by Gasteiger charge is -2.33. The Morgan fingerprint density at radius 3 is 2.38 bits per heavy atom. The third-order valence-electron chi connectivity index (χ3n) is 4.99. The van der Waals surface area contributed by atoms with Crippen molar-refractivity contribution < 1.29 is 9.47 Å². The van der Waals surface area contributed by atoms with Crippen LogP contribution in [0.2, 0.25) is 0 Å². The summed E-state index contributed by atoms with van der Waals surface area (Å²) in [6.07, 6.45) is 5.45. The average molecular weight is 298 g/mol. The summed E-state index contributed by atoms with van der Waals surface area (Å²) in [5.74, 6) is 1.77. The molecule has 124 valence electrons. The van der Waals surface area contributed by atoms with Gasteiger partial charge in [-0.2, -0.15) is 0 Å². The highest BCUT2D eigenvalue weighted by Gasteiger charge is 2.21. The van der Waals surface area contributed by atoms with Gasteiger partial charge in [-0.15, -0.1) is 0 Å². The van der Waals surface area contributed by atoms with Crippen molar-refractivity contribution in [1.82, 2.24) is 10.2 Å². The molecule has 0 unspecified atom stereocenters. The van der Waals surface area contributed by atoms with Crippen molar-refractivity contribution in [2.75, 3.05) is 52.5 Å². The van der Waals surface area contributed by atoms with E-state index in [9.17, 15) is 0 Å². The zero-order valence-electron chi connectivity index (χ0n) is 14.0. The largest absolute Gasteiger partial charge is 0.378 e. The van der Waals surface area contributed by atoms with Gasteiger partial charge >= 0.3 is 0 Å². The minimum absolute atomic E-state index is 0.449. The van der Waals surface area contributed by atoms with E-state index in [1.54, 1.807) is 0 Å². The molecule has 4 nitrogen and oxygen atoms in total. The minimum atomic E-state index is 0.449. The van der Waals surface area contributed by atoms with Gasteiger partial charge in [0.15, 0.2) is 0 Å². The van der Waals surface area contributed by atoms with Crippen LogP contribution in [0.3, 0.4) is 0 Å². The van der Waals surface area contributed by atoms with Crippen LogP contribution in [0.4, 0.5) is 0 Å². The summed E-state index contributed by atoms with van der Waals surface area (Å²) < 4.78 is 11.6. The van der Waals surface area contributed by atoms with Gasteiger partial charge in [0.1, 0.15) is 0 Å². The number of likely N-dealkylation sites (tertiary alicyclic amines) is 1. The smallest absolute Gasteiger partial charge is 0.0704 e. The molecule has 2 fully saturated rings. The van der Waals surface area contributed by atoms with Crippen LogP contribution in [0.1, 0.15) is 39.5 Å². The second-order valence-corrected chi connectivity index (χ2v) is 6.86. The molecule has 0 aromatic carbocycles. The lowest BCUT2D eigenvalue weighted by atomic mass is 9.87. The second-order valence-electron chi connectivity index (χ2n) is 6.86. The molecule has 0 atom stereocenters. The molecule has 0 aromatic rings. The summed E-state index contributed by atoms with van der Waals surface area (Å²) in [5, 5.41) is 3.35. The Bertz CT molecular complexity index is 260. The zero-order valence-corrected chi connectivity index (χ0v) is 14.0. The minimum Gasteiger partial charge on any atom is -0.378 e. The molecule has 0 aromatic heterocycles. The van der Waals surface area contributed by atoms with Crippen LogP contribution in [-0.4, -0.2) is 63.5 Å². The molecule has 2 aliphatic heterocycles. The standard InChI is InChI=1S/C17H34N2O2/c1-15(2)16-5-9-19(10-6-16)11-12-20-13-14-21-17-3-7-18-8-4-17/h15-18H,3-14H2,1-2H3. The van der Waals surface area contributed by atoms with Crippen LogP contribution >= 0.6 is 0 Å². The van der Waals surface area contributed by atoms with Crippen molar-refractivity contribution in [3.63, 3.8) is 0 Å². The number of rotatable bonds is 8. The van der Waals surface area contributed by atoms with Gasteiger partial charge in [0.25, 0.3) is 0 Å². The van der Waals surface area contributed by atoms with E-state index in [-0.39, 0.29) is 0 Å². The average Bonchev–Trinajstić information content (AvgIpc) is 2.52. The molecule has 1 N–H and O–H groups in total. The van der Waals surface area contributed by atoms with E-state index in [4.69, 9.17) is 9.47 Å². The summed E-state index contributed by atoms with van der Waals surface area (Å²) >= 11 is 0. The molecule has 2 rings (SSSR count). The predicted molar refractivity (Wildman–Crippen MR) is 86.7 cm³/mol. The van der Waals surface area contributed by atoms with Crippen LogP contribution in [0.25, 0.3) is 0 Å². The number of hydrogen-bond acceptors (Lipinski definition) is 4. The third-order valence-corrected chi connectivity index (χ3v) is 4.99. The molecule has 4 heteroatoms. The molecule has 0 spiro atoms. The molecule has 0 saturated carbocycles. The van der Waals surface area contributed by atoms with Crippen molar-refractivity contribution in [1.29, 1.82) is 0 Å². The Hall–Kier alpha value is -0.160. The van der Waals surface area contributed by atoms with Gasteiger partial charge in [0, 0.05) is 6.54 Å². The number of piperidine rings is 2. The molecule has 2 aliphatic rings. The fraction of sp³-hybridized carbons (Fsp3) is 1.00. The first-order valence-corrected chi connectivity index (χ1v) is 8.88. The third kappa shape index (κ3) is 6.64. The fourth-order valence-corrected chi connectivity index (χ4v) is 3.37. The Morgan fingerprint density at radius 2 is 1.71 bits per heavy atom.